The molecule has 1 aliphatic heterocycles. The SMILES string of the molecule is CC(C)C[C@H](N)C(=O)N1CCN(c2ccc(Br)cn2)CC1. The monoisotopic (exact) mass is 354 g/mol. The van der Waals surface area contributed by atoms with E-state index >= 15 is 0 Å². The summed E-state index contributed by atoms with van der Waals surface area (Å²) in [5.41, 5.74) is 5.99. The van der Waals surface area contributed by atoms with E-state index in [-0.39, 0.29) is 11.9 Å². The third-order valence-corrected chi connectivity index (χ3v) is 4.14. The number of carbonyl (C=O) groups excluding carboxylic acids is 1. The zero-order valence-corrected chi connectivity index (χ0v) is 14.2. The fraction of sp³-hybridized carbons (Fsp3) is 0.600. The van der Waals surface area contributed by atoms with Gasteiger partial charge in [-0.3, -0.25) is 4.79 Å². The number of hydrogen-bond donors (Lipinski definition) is 1. The van der Waals surface area contributed by atoms with Crippen molar-refractivity contribution in [1.82, 2.24) is 9.88 Å². The van der Waals surface area contributed by atoms with Crippen LogP contribution in [0, 0.1) is 5.92 Å². The normalized spacial score (nSPS) is 17.2. The number of halogens is 1. The second kappa shape index (κ2) is 7.22. The molecule has 0 aliphatic carbocycles. The van der Waals surface area contributed by atoms with Crippen molar-refractivity contribution in [2.75, 3.05) is 31.1 Å². The second-order valence-electron chi connectivity index (χ2n) is 5.88. The number of hydrogen-bond acceptors (Lipinski definition) is 4. The van der Waals surface area contributed by atoms with Crippen LogP contribution in [0.25, 0.3) is 0 Å². The highest BCUT2D eigenvalue weighted by atomic mass is 79.9. The van der Waals surface area contributed by atoms with E-state index in [0.717, 1.165) is 29.8 Å². The van der Waals surface area contributed by atoms with E-state index in [1.54, 1.807) is 6.20 Å². The van der Waals surface area contributed by atoms with Crippen LogP contribution in [-0.2, 0) is 4.79 Å². The molecule has 0 aromatic carbocycles. The van der Waals surface area contributed by atoms with Crippen LogP contribution in [0.1, 0.15) is 20.3 Å². The molecule has 1 saturated heterocycles. The fourth-order valence-electron chi connectivity index (χ4n) is 2.55. The van der Waals surface area contributed by atoms with Gasteiger partial charge in [0.2, 0.25) is 5.91 Å². The van der Waals surface area contributed by atoms with E-state index in [1.807, 2.05) is 17.0 Å². The molecule has 0 saturated carbocycles. The maximum atomic E-state index is 12.3. The number of pyridine rings is 1. The van der Waals surface area contributed by atoms with Crippen LogP contribution in [0.15, 0.2) is 22.8 Å². The maximum absolute atomic E-state index is 12.3. The van der Waals surface area contributed by atoms with Crippen molar-refractivity contribution in [3.63, 3.8) is 0 Å². The van der Waals surface area contributed by atoms with Crippen LogP contribution in [0.5, 0.6) is 0 Å². The lowest BCUT2D eigenvalue weighted by molar-refractivity contribution is -0.133. The first-order chi connectivity index (χ1) is 9.97. The Labute approximate surface area is 134 Å². The van der Waals surface area contributed by atoms with E-state index in [0.29, 0.717) is 19.0 Å². The Bertz CT molecular complexity index is 469. The van der Waals surface area contributed by atoms with E-state index in [9.17, 15) is 4.79 Å². The van der Waals surface area contributed by atoms with Crippen LogP contribution < -0.4 is 10.6 Å². The highest BCUT2D eigenvalue weighted by Crippen LogP contribution is 2.17. The molecule has 1 aliphatic rings. The first-order valence-electron chi connectivity index (χ1n) is 7.38. The summed E-state index contributed by atoms with van der Waals surface area (Å²) in [5, 5.41) is 0. The van der Waals surface area contributed by atoms with Gasteiger partial charge in [0.15, 0.2) is 0 Å². The van der Waals surface area contributed by atoms with Gasteiger partial charge in [-0.1, -0.05) is 13.8 Å². The maximum Gasteiger partial charge on any atom is 0.239 e. The minimum Gasteiger partial charge on any atom is -0.353 e. The van der Waals surface area contributed by atoms with Gasteiger partial charge < -0.3 is 15.5 Å². The molecule has 0 radical (unpaired) electrons. The number of piperazine rings is 1. The van der Waals surface area contributed by atoms with E-state index in [4.69, 9.17) is 5.73 Å². The zero-order valence-electron chi connectivity index (χ0n) is 12.6. The summed E-state index contributed by atoms with van der Waals surface area (Å²) in [6.45, 7) is 7.20. The Morgan fingerprint density at radius 1 is 1.33 bits per heavy atom. The number of anilines is 1. The Kier molecular flexibility index (Phi) is 5.58. The summed E-state index contributed by atoms with van der Waals surface area (Å²) in [6.07, 6.45) is 2.54. The number of carbonyl (C=O) groups is 1. The molecular weight excluding hydrogens is 332 g/mol. The molecule has 5 nitrogen and oxygen atoms in total. The molecule has 116 valence electrons. The standard InChI is InChI=1S/C15H23BrN4O/c1-11(2)9-13(17)15(21)20-7-5-19(6-8-20)14-4-3-12(16)10-18-14/h3-4,10-11,13H,5-9,17H2,1-2H3/t13-/m0/s1. The molecular formula is C15H23BrN4O. The van der Waals surface area contributed by atoms with Gasteiger partial charge in [0.1, 0.15) is 5.82 Å². The zero-order chi connectivity index (χ0) is 15.4. The Balaban J connectivity index is 1.88. The number of rotatable bonds is 4. The molecule has 2 heterocycles. The lowest BCUT2D eigenvalue weighted by Crippen LogP contribution is -2.53. The average molecular weight is 355 g/mol. The number of nitrogens with two attached hydrogens (primary N) is 1. The molecule has 1 aromatic heterocycles. The third-order valence-electron chi connectivity index (χ3n) is 3.67. The van der Waals surface area contributed by atoms with E-state index < -0.39 is 0 Å². The Hall–Kier alpha value is -1.14. The van der Waals surface area contributed by atoms with Crippen LogP contribution in [-0.4, -0.2) is 48.0 Å². The highest BCUT2D eigenvalue weighted by Gasteiger charge is 2.26. The lowest BCUT2D eigenvalue weighted by Gasteiger charge is -2.36. The molecule has 6 heteroatoms. The molecule has 1 atom stereocenters. The smallest absolute Gasteiger partial charge is 0.239 e. The summed E-state index contributed by atoms with van der Waals surface area (Å²) >= 11 is 3.39. The van der Waals surface area contributed by atoms with Gasteiger partial charge in [0.05, 0.1) is 6.04 Å². The van der Waals surface area contributed by atoms with Crippen molar-refractivity contribution in [2.45, 2.75) is 26.3 Å². The summed E-state index contributed by atoms with van der Waals surface area (Å²) in [7, 11) is 0. The van der Waals surface area contributed by atoms with Gasteiger partial charge in [-0.25, -0.2) is 4.98 Å². The average Bonchev–Trinajstić information content (AvgIpc) is 2.47. The van der Waals surface area contributed by atoms with Gasteiger partial charge in [-0.15, -0.1) is 0 Å². The molecule has 1 amide bonds. The minimum atomic E-state index is -0.373. The van der Waals surface area contributed by atoms with Crippen LogP contribution in [0.2, 0.25) is 0 Å². The van der Waals surface area contributed by atoms with Crippen LogP contribution in [0.3, 0.4) is 0 Å². The van der Waals surface area contributed by atoms with Crippen LogP contribution in [0.4, 0.5) is 5.82 Å². The van der Waals surface area contributed by atoms with Gasteiger partial charge in [0.25, 0.3) is 0 Å². The van der Waals surface area contributed by atoms with Crippen molar-refractivity contribution in [1.29, 1.82) is 0 Å². The number of nitrogens with zero attached hydrogens (tertiary/aromatic N) is 3. The number of amides is 1. The molecule has 1 aromatic rings. The van der Waals surface area contributed by atoms with Crippen molar-refractivity contribution < 1.29 is 4.79 Å². The van der Waals surface area contributed by atoms with Crippen molar-refractivity contribution in [3.8, 4) is 0 Å². The summed E-state index contributed by atoms with van der Waals surface area (Å²) in [6, 6.07) is 3.60. The lowest BCUT2D eigenvalue weighted by atomic mass is 10.0. The number of aromatic nitrogens is 1. The Morgan fingerprint density at radius 2 is 2.00 bits per heavy atom. The van der Waals surface area contributed by atoms with Crippen molar-refractivity contribution in [2.24, 2.45) is 11.7 Å². The predicted molar refractivity (Wildman–Crippen MR) is 88.2 cm³/mol. The largest absolute Gasteiger partial charge is 0.353 e. The van der Waals surface area contributed by atoms with Gasteiger partial charge in [-0.05, 0) is 40.4 Å². The van der Waals surface area contributed by atoms with E-state index in [2.05, 4.69) is 39.7 Å². The second-order valence-corrected chi connectivity index (χ2v) is 6.80. The summed E-state index contributed by atoms with van der Waals surface area (Å²) in [4.78, 5) is 20.8. The topological polar surface area (TPSA) is 62.5 Å². The molecule has 0 spiro atoms. The quantitative estimate of drug-likeness (QED) is 0.896. The fourth-order valence-corrected chi connectivity index (χ4v) is 2.79. The summed E-state index contributed by atoms with van der Waals surface area (Å²) < 4.78 is 0.972. The first kappa shape index (κ1) is 16.2. The van der Waals surface area contributed by atoms with Crippen molar-refractivity contribution in [3.05, 3.63) is 22.8 Å². The Morgan fingerprint density at radius 3 is 2.52 bits per heavy atom. The third kappa shape index (κ3) is 4.41. The molecule has 2 N–H and O–H groups in total. The minimum absolute atomic E-state index is 0.0760. The highest BCUT2D eigenvalue weighted by molar-refractivity contribution is 9.10. The van der Waals surface area contributed by atoms with Crippen LogP contribution >= 0.6 is 15.9 Å². The summed E-state index contributed by atoms with van der Waals surface area (Å²) in [5.74, 6) is 1.47. The molecule has 0 unspecified atom stereocenters. The first-order valence-corrected chi connectivity index (χ1v) is 8.17. The molecule has 0 bridgehead atoms. The van der Waals surface area contributed by atoms with Gasteiger partial charge >= 0.3 is 0 Å². The van der Waals surface area contributed by atoms with Gasteiger partial charge in [0, 0.05) is 36.8 Å². The van der Waals surface area contributed by atoms with Gasteiger partial charge in [-0.2, -0.15) is 0 Å². The molecule has 2 rings (SSSR count). The molecule has 21 heavy (non-hydrogen) atoms. The van der Waals surface area contributed by atoms with E-state index in [1.165, 1.54) is 0 Å². The predicted octanol–water partition coefficient (Wildman–Crippen LogP) is 1.87. The van der Waals surface area contributed by atoms with Crippen molar-refractivity contribution >= 4 is 27.7 Å². The molecule has 1 fully saturated rings.